The normalized spacial score (nSPS) is 10.1. The van der Waals surface area contributed by atoms with Crippen molar-refractivity contribution >= 4 is 8.60 Å². The highest BCUT2D eigenvalue weighted by Crippen LogP contribution is 2.25. The van der Waals surface area contributed by atoms with Crippen LogP contribution in [0.4, 0.5) is 0 Å². The summed E-state index contributed by atoms with van der Waals surface area (Å²) in [5.41, 5.74) is 0. The summed E-state index contributed by atoms with van der Waals surface area (Å²) in [7, 11) is -2.45. The molecule has 5 heteroatoms. The molecule has 0 aliphatic rings. The van der Waals surface area contributed by atoms with Crippen LogP contribution < -0.4 is 4.89 Å². The molecule has 0 aromatic heterocycles. The maximum atomic E-state index is 8.29. The second-order valence-corrected chi connectivity index (χ2v) is 2.38. The molecular formula is C6H7O4P. The van der Waals surface area contributed by atoms with Gasteiger partial charge in [-0.25, -0.2) is 0 Å². The lowest BCUT2D eigenvalue weighted by Crippen LogP contribution is -1.90. The van der Waals surface area contributed by atoms with Gasteiger partial charge in [0.15, 0.2) is 5.75 Å². The minimum absolute atomic E-state index is 0.433. The molecule has 1 rings (SSSR count). The molecular weight excluding hydrogens is 167 g/mol. The van der Waals surface area contributed by atoms with Gasteiger partial charge in [-0.05, 0) is 12.1 Å². The van der Waals surface area contributed by atoms with E-state index >= 15 is 0 Å². The first-order valence-electron chi connectivity index (χ1n) is 2.86. The van der Waals surface area contributed by atoms with Crippen molar-refractivity contribution in [2.24, 2.45) is 0 Å². The molecule has 0 bridgehead atoms. The van der Waals surface area contributed by atoms with E-state index in [4.69, 9.17) is 9.79 Å². The van der Waals surface area contributed by atoms with E-state index in [1.165, 1.54) is 0 Å². The molecule has 0 aliphatic carbocycles. The topological polar surface area (TPSA) is 58.9 Å². The van der Waals surface area contributed by atoms with Crippen LogP contribution in [0.3, 0.4) is 0 Å². The summed E-state index contributed by atoms with van der Waals surface area (Å²) in [5.74, 6) is 0.433. The maximum Gasteiger partial charge on any atom is 0.370 e. The Morgan fingerprint density at radius 3 is 2.27 bits per heavy atom. The fraction of sp³-hybridized carbons (Fsp3) is 0. The smallest absolute Gasteiger partial charge is 0.329 e. The Morgan fingerprint density at radius 1 is 1.09 bits per heavy atom. The third-order valence-electron chi connectivity index (χ3n) is 0.943. The molecule has 0 fully saturated rings. The van der Waals surface area contributed by atoms with Crippen molar-refractivity contribution in [2.75, 3.05) is 0 Å². The lowest BCUT2D eigenvalue weighted by molar-refractivity contribution is -0.109. The number of rotatable bonds is 3. The van der Waals surface area contributed by atoms with Crippen molar-refractivity contribution in [3.05, 3.63) is 30.3 Å². The molecule has 0 heterocycles. The van der Waals surface area contributed by atoms with Crippen molar-refractivity contribution < 1.29 is 19.3 Å². The summed E-state index contributed by atoms with van der Waals surface area (Å²) in [6, 6.07) is 8.58. The molecule has 60 valence electrons. The quantitative estimate of drug-likeness (QED) is 0.410. The molecule has 11 heavy (non-hydrogen) atoms. The second-order valence-electron chi connectivity index (χ2n) is 1.72. The molecule has 4 nitrogen and oxygen atoms in total. The van der Waals surface area contributed by atoms with Gasteiger partial charge in [-0.15, -0.1) is 4.67 Å². The van der Waals surface area contributed by atoms with Crippen LogP contribution in [-0.2, 0) is 4.67 Å². The van der Waals surface area contributed by atoms with Gasteiger partial charge >= 0.3 is 8.60 Å². The third kappa shape index (κ3) is 3.30. The van der Waals surface area contributed by atoms with Crippen molar-refractivity contribution in [3.8, 4) is 5.75 Å². The fourth-order valence-electron chi connectivity index (χ4n) is 0.552. The zero-order valence-corrected chi connectivity index (χ0v) is 6.44. The number of para-hydroxylation sites is 1. The minimum Gasteiger partial charge on any atom is -0.329 e. The van der Waals surface area contributed by atoms with Gasteiger partial charge in [0.1, 0.15) is 0 Å². The number of hydrogen-bond acceptors (Lipinski definition) is 4. The Labute approximate surface area is 64.9 Å². The van der Waals surface area contributed by atoms with Crippen molar-refractivity contribution in [1.82, 2.24) is 0 Å². The molecule has 0 saturated carbocycles. The lowest BCUT2D eigenvalue weighted by atomic mass is 10.3. The van der Waals surface area contributed by atoms with Crippen LogP contribution in [-0.4, -0.2) is 9.79 Å². The van der Waals surface area contributed by atoms with Gasteiger partial charge in [0.2, 0.25) is 0 Å². The van der Waals surface area contributed by atoms with Gasteiger partial charge in [0, 0.05) is 0 Å². The summed E-state index contributed by atoms with van der Waals surface area (Å²) in [4.78, 5) is 21.1. The first-order chi connectivity index (χ1) is 5.29. The summed E-state index contributed by atoms with van der Waals surface area (Å²) in [6.45, 7) is 0. The zero-order chi connectivity index (χ0) is 8.10. The van der Waals surface area contributed by atoms with E-state index in [-0.39, 0.29) is 0 Å². The summed E-state index contributed by atoms with van der Waals surface area (Å²) < 4.78 is 4.10. The molecule has 0 radical (unpaired) electrons. The SMILES string of the molecule is OP(O)OOc1ccccc1. The largest absolute Gasteiger partial charge is 0.370 e. The summed E-state index contributed by atoms with van der Waals surface area (Å²) in [5, 5.41) is 0. The molecule has 0 atom stereocenters. The van der Waals surface area contributed by atoms with Crippen LogP contribution in [0, 0.1) is 0 Å². The lowest BCUT2D eigenvalue weighted by Gasteiger charge is -2.02. The average molecular weight is 174 g/mol. The van der Waals surface area contributed by atoms with E-state index in [0.29, 0.717) is 5.75 Å². The van der Waals surface area contributed by atoms with E-state index in [1.807, 2.05) is 6.07 Å². The Morgan fingerprint density at radius 2 is 1.73 bits per heavy atom. The monoisotopic (exact) mass is 174 g/mol. The first kappa shape index (κ1) is 8.43. The van der Waals surface area contributed by atoms with Crippen molar-refractivity contribution in [1.29, 1.82) is 0 Å². The standard InChI is InChI=1S/C6H7O4P/c7-11(8)10-9-6-4-2-1-3-5-6/h1-5,7-8H. The highest BCUT2D eigenvalue weighted by Gasteiger charge is 2.00. The Kier molecular flexibility index (Phi) is 3.26. The highest BCUT2D eigenvalue weighted by atomic mass is 31.2. The van der Waals surface area contributed by atoms with E-state index in [1.54, 1.807) is 24.3 Å². The van der Waals surface area contributed by atoms with Crippen molar-refractivity contribution in [2.45, 2.75) is 0 Å². The second kappa shape index (κ2) is 4.26. The Bertz CT molecular complexity index is 201. The van der Waals surface area contributed by atoms with E-state index in [2.05, 4.69) is 9.56 Å². The fourth-order valence-corrected chi connectivity index (χ4v) is 0.705. The Hall–Kier alpha value is -0.670. The van der Waals surface area contributed by atoms with Gasteiger partial charge in [-0.3, -0.25) is 0 Å². The number of hydrogen-bond donors (Lipinski definition) is 2. The van der Waals surface area contributed by atoms with Gasteiger partial charge < -0.3 is 14.7 Å². The third-order valence-corrected chi connectivity index (χ3v) is 1.15. The van der Waals surface area contributed by atoms with E-state index in [9.17, 15) is 0 Å². The van der Waals surface area contributed by atoms with Crippen LogP contribution >= 0.6 is 8.60 Å². The minimum atomic E-state index is -2.45. The molecule has 2 N–H and O–H groups in total. The molecule has 0 spiro atoms. The van der Waals surface area contributed by atoms with Gasteiger partial charge in [-0.2, -0.15) is 0 Å². The van der Waals surface area contributed by atoms with Crippen LogP contribution in [0.2, 0.25) is 0 Å². The number of benzene rings is 1. The van der Waals surface area contributed by atoms with E-state index in [0.717, 1.165) is 0 Å². The first-order valence-corrected chi connectivity index (χ1v) is 4.03. The van der Waals surface area contributed by atoms with Gasteiger partial charge in [0.25, 0.3) is 0 Å². The Balaban J connectivity index is 2.39. The van der Waals surface area contributed by atoms with Gasteiger partial charge in [-0.1, -0.05) is 18.2 Å². The molecule has 0 unspecified atom stereocenters. The van der Waals surface area contributed by atoms with Crippen LogP contribution in [0.1, 0.15) is 0 Å². The maximum absolute atomic E-state index is 8.29. The predicted molar refractivity (Wildman–Crippen MR) is 39.5 cm³/mol. The summed E-state index contributed by atoms with van der Waals surface area (Å²) in [6.07, 6.45) is 0. The molecule has 1 aromatic rings. The van der Waals surface area contributed by atoms with E-state index < -0.39 is 8.60 Å². The molecule has 1 aromatic carbocycles. The summed E-state index contributed by atoms with van der Waals surface area (Å²) >= 11 is 0. The van der Waals surface area contributed by atoms with Crippen molar-refractivity contribution in [3.63, 3.8) is 0 Å². The molecule has 0 amide bonds. The van der Waals surface area contributed by atoms with Crippen LogP contribution in [0.5, 0.6) is 5.75 Å². The molecule has 0 aliphatic heterocycles. The van der Waals surface area contributed by atoms with Gasteiger partial charge in [0.05, 0.1) is 0 Å². The predicted octanol–water partition coefficient (Wildman–Crippen LogP) is 1.21. The molecule has 0 saturated heterocycles. The average Bonchev–Trinajstić information content (AvgIpc) is 2.03. The highest BCUT2D eigenvalue weighted by molar-refractivity contribution is 7.39. The zero-order valence-electron chi connectivity index (χ0n) is 5.54. The van der Waals surface area contributed by atoms with Crippen LogP contribution in [0.15, 0.2) is 30.3 Å². The van der Waals surface area contributed by atoms with Crippen LogP contribution in [0.25, 0.3) is 0 Å².